The molecule has 46 heavy (non-hydrogen) atoms. The topological polar surface area (TPSA) is 105 Å². The van der Waals surface area contributed by atoms with Crippen LogP contribution in [-0.4, -0.2) is 9.13 Å². The Labute approximate surface area is 263 Å². The van der Waals surface area contributed by atoms with Crippen molar-refractivity contribution in [2.24, 2.45) is 0 Å². The Morgan fingerprint density at radius 3 is 1.48 bits per heavy atom. The molecule has 0 saturated carbocycles. The van der Waals surface area contributed by atoms with Crippen LogP contribution in [0, 0.1) is 45.3 Å². The second kappa shape index (κ2) is 10.3. The van der Waals surface area contributed by atoms with Crippen LogP contribution in [0.5, 0.6) is 0 Å². The van der Waals surface area contributed by atoms with Crippen LogP contribution in [0.4, 0.5) is 0 Å². The van der Waals surface area contributed by atoms with Gasteiger partial charge in [-0.05, 0) is 66.2 Å². The third-order valence-electron chi connectivity index (χ3n) is 8.62. The first kappa shape index (κ1) is 26.5. The highest BCUT2D eigenvalue weighted by Gasteiger charge is 2.22. The molecule has 0 fully saturated rings. The van der Waals surface area contributed by atoms with Crippen LogP contribution >= 0.6 is 0 Å². The molecule has 0 radical (unpaired) electrons. The van der Waals surface area contributed by atoms with E-state index < -0.39 is 0 Å². The summed E-state index contributed by atoms with van der Waals surface area (Å²) in [5, 5.41) is 44.1. The molecule has 2 aromatic heterocycles. The van der Waals surface area contributed by atoms with Gasteiger partial charge in [-0.1, -0.05) is 60.7 Å². The van der Waals surface area contributed by atoms with Gasteiger partial charge in [-0.25, -0.2) is 0 Å². The van der Waals surface area contributed by atoms with E-state index in [-0.39, 0.29) is 0 Å². The lowest BCUT2D eigenvalue weighted by Crippen LogP contribution is -2.04. The van der Waals surface area contributed by atoms with Crippen LogP contribution in [0.1, 0.15) is 22.3 Å². The number of benzene rings is 6. The third kappa shape index (κ3) is 3.86. The molecule has 0 amide bonds. The smallest absolute Gasteiger partial charge is 0.101 e. The molecule has 6 heteroatoms. The van der Waals surface area contributed by atoms with E-state index in [1.165, 1.54) is 0 Å². The van der Waals surface area contributed by atoms with Crippen molar-refractivity contribution in [3.8, 4) is 46.8 Å². The van der Waals surface area contributed by atoms with E-state index in [0.29, 0.717) is 27.9 Å². The fourth-order valence-corrected chi connectivity index (χ4v) is 6.62. The van der Waals surface area contributed by atoms with Gasteiger partial charge in [0.1, 0.15) is 6.07 Å². The highest BCUT2D eigenvalue weighted by Crippen LogP contribution is 2.41. The van der Waals surface area contributed by atoms with Gasteiger partial charge in [0.15, 0.2) is 0 Å². The molecule has 8 aromatic rings. The minimum Gasteiger partial charge on any atom is -0.309 e. The average molecular weight is 585 g/mol. The molecule has 0 aliphatic carbocycles. The van der Waals surface area contributed by atoms with Crippen molar-refractivity contribution in [2.45, 2.75) is 0 Å². The summed E-state index contributed by atoms with van der Waals surface area (Å²) < 4.78 is 4.15. The second-order valence-electron chi connectivity index (χ2n) is 11.1. The van der Waals surface area contributed by atoms with Crippen molar-refractivity contribution < 1.29 is 0 Å². The lowest BCUT2D eigenvalue weighted by molar-refractivity contribution is 1.13. The van der Waals surface area contributed by atoms with E-state index in [4.69, 9.17) is 0 Å². The summed E-state index contributed by atoms with van der Waals surface area (Å²) in [5.41, 5.74) is 8.50. The van der Waals surface area contributed by atoms with Gasteiger partial charge in [0.05, 0.1) is 73.9 Å². The molecule has 0 atom stereocenters. The van der Waals surface area contributed by atoms with E-state index in [9.17, 15) is 21.0 Å². The first-order valence-corrected chi connectivity index (χ1v) is 14.6. The van der Waals surface area contributed by atoms with Crippen LogP contribution in [0.3, 0.4) is 0 Å². The number of rotatable bonds is 3. The van der Waals surface area contributed by atoms with Gasteiger partial charge in [0.2, 0.25) is 0 Å². The number of nitriles is 4. The van der Waals surface area contributed by atoms with Crippen LogP contribution in [0.2, 0.25) is 0 Å². The molecule has 0 aliphatic heterocycles. The van der Waals surface area contributed by atoms with Gasteiger partial charge in [0.25, 0.3) is 0 Å². The maximum atomic E-state index is 10.7. The molecule has 210 valence electrons. The van der Waals surface area contributed by atoms with Gasteiger partial charge in [0, 0.05) is 27.1 Å². The maximum absolute atomic E-state index is 10.7. The fraction of sp³-hybridized carbons (Fsp3) is 0. The molecule has 0 spiro atoms. The Kier molecular flexibility index (Phi) is 5.91. The van der Waals surface area contributed by atoms with Crippen molar-refractivity contribution in [3.63, 3.8) is 0 Å². The van der Waals surface area contributed by atoms with Crippen LogP contribution in [-0.2, 0) is 0 Å². The molecule has 0 saturated heterocycles. The molecule has 6 nitrogen and oxygen atoms in total. The summed E-state index contributed by atoms with van der Waals surface area (Å²) in [5.74, 6) is 0. The third-order valence-corrected chi connectivity index (χ3v) is 8.62. The van der Waals surface area contributed by atoms with E-state index in [2.05, 4.69) is 34.9 Å². The van der Waals surface area contributed by atoms with Crippen molar-refractivity contribution in [3.05, 3.63) is 144 Å². The predicted octanol–water partition coefficient (Wildman–Crippen LogP) is 9.03. The summed E-state index contributed by atoms with van der Waals surface area (Å²) in [6.07, 6.45) is 0. The second-order valence-corrected chi connectivity index (χ2v) is 11.1. The van der Waals surface area contributed by atoms with Crippen molar-refractivity contribution in [2.75, 3.05) is 0 Å². The molecule has 0 unspecified atom stereocenters. The largest absolute Gasteiger partial charge is 0.309 e. The Hall–Kier alpha value is -7.12. The molecular formula is C40H20N6. The summed E-state index contributed by atoms with van der Waals surface area (Å²) in [6.45, 7) is 0. The van der Waals surface area contributed by atoms with E-state index in [0.717, 1.165) is 60.4 Å². The molecule has 0 N–H and O–H groups in total. The van der Waals surface area contributed by atoms with Crippen LogP contribution in [0.15, 0.2) is 121 Å². The molecule has 0 aliphatic rings. The van der Waals surface area contributed by atoms with E-state index in [1.54, 1.807) is 6.07 Å². The normalized spacial score (nSPS) is 11.0. The zero-order chi connectivity index (χ0) is 31.4. The highest BCUT2D eigenvalue weighted by molar-refractivity contribution is 6.11. The summed E-state index contributed by atoms with van der Waals surface area (Å²) in [7, 11) is 0. The number of para-hydroxylation sites is 2. The fourth-order valence-electron chi connectivity index (χ4n) is 6.62. The average Bonchev–Trinajstić information content (AvgIpc) is 3.62. The lowest BCUT2D eigenvalue weighted by atomic mass is 9.98. The van der Waals surface area contributed by atoms with Gasteiger partial charge in [-0.15, -0.1) is 0 Å². The van der Waals surface area contributed by atoms with Crippen LogP contribution in [0.25, 0.3) is 66.1 Å². The predicted molar refractivity (Wildman–Crippen MR) is 179 cm³/mol. The number of hydrogen-bond acceptors (Lipinski definition) is 4. The lowest BCUT2D eigenvalue weighted by Gasteiger charge is -2.19. The number of fused-ring (bicyclic) bond motifs is 6. The van der Waals surface area contributed by atoms with Crippen LogP contribution < -0.4 is 0 Å². The number of nitrogens with zero attached hydrogens (tertiary/aromatic N) is 6. The molecule has 6 aromatic carbocycles. The Bertz CT molecular complexity index is 2750. The Balaban J connectivity index is 1.55. The zero-order valence-electron chi connectivity index (χ0n) is 24.2. The van der Waals surface area contributed by atoms with Crippen molar-refractivity contribution in [1.82, 2.24) is 9.13 Å². The first-order chi connectivity index (χ1) is 22.6. The molecule has 8 rings (SSSR count). The molecular weight excluding hydrogens is 564 g/mol. The Morgan fingerprint density at radius 1 is 0.391 bits per heavy atom. The first-order valence-electron chi connectivity index (χ1n) is 14.6. The van der Waals surface area contributed by atoms with Gasteiger partial charge < -0.3 is 9.13 Å². The highest BCUT2D eigenvalue weighted by atomic mass is 15.0. The summed E-state index contributed by atoms with van der Waals surface area (Å²) in [4.78, 5) is 0. The SMILES string of the molecule is N#Cc1cccc(-c2cc(-n3c4ccccc4c4ccc(C#N)cc43)c(C#N)cc2-n2c3ccccc3c3ccc(C#N)cc32)c1. The molecule has 0 bridgehead atoms. The maximum Gasteiger partial charge on any atom is 0.101 e. The quantitative estimate of drug-likeness (QED) is 0.207. The van der Waals surface area contributed by atoms with Gasteiger partial charge >= 0.3 is 0 Å². The Morgan fingerprint density at radius 2 is 0.913 bits per heavy atom. The number of hydrogen-bond donors (Lipinski definition) is 0. The number of aromatic nitrogens is 2. The van der Waals surface area contributed by atoms with Gasteiger partial charge in [-0.3, -0.25) is 0 Å². The van der Waals surface area contributed by atoms with Gasteiger partial charge in [-0.2, -0.15) is 21.0 Å². The zero-order valence-corrected chi connectivity index (χ0v) is 24.2. The van der Waals surface area contributed by atoms with Crippen molar-refractivity contribution >= 4 is 43.6 Å². The molecule has 2 heterocycles. The van der Waals surface area contributed by atoms with E-state index >= 15 is 0 Å². The summed E-state index contributed by atoms with van der Waals surface area (Å²) >= 11 is 0. The standard InChI is InChI=1S/C40H20N6/c41-21-25-6-5-7-28(16-25)34-20-37(45-35-10-3-1-8-30(35)32-14-12-26(22-42)17-38(32)45)29(24-44)19-40(34)46-36-11-4-2-9-31(36)33-15-13-27(23-43)18-39(33)46/h1-20H. The minimum absolute atomic E-state index is 0.433. The summed E-state index contributed by atoms with van der Waals surface area (Å²) in [6, 6.07) is 47.9. The van der Waals surface area contributed by atoms with E-state index in [1.807, 2.05) is 114 Å². The monoisotopic (exact) mass is 584 g/mol. The minimum atomic E-state index is 0.433. The van der Waals surface area contributed by atoms with Crippen molar-refractivity contribution in [1.29, 1.82) is 21.0 Å².